The van der Waals surface area contributed by atoms with Crippen molar-refractivity contribution in [1.82, 2.24) is 14.3 Å². The Kier molecular flexibility index (Phi) is 4.84. The lowest BCUT2D eigenvalue weighted by Gasteiger charge is -2.30. The smallest absolute Gasteiger partial charge is 0.256 e. The molecular weight excluding hydrogens is 401 g/mol. The molecule has 5 rings (SSSR count). The van der Waals surface area contributed by atoms with Gasteiger partial charge in [0.25, 0.3) is 5.91 Å². The quantitative estimate of drug-likeness (QED) is 0.531. The molecule has 1 aromatic carbocycles. The van der Waals surface area contributed by atoms with Gasteiger partial charge in [-0.25, -0.2) is 9.37 Å². The number of pyridine rings is 1. The van der Waals surface area contributed by atoms with Crippen molar-refractivity contribution in [3.63, 3.8) is 0 Å². The van der Waals surface area contributed by atoms with E-state index >= 15 is 0 Å². The van der Waals surface area contributed by atoms with Crippen molar-refractivity contribution in [3.05, 3.63) is 71.5 Å². The first kappa shape index (κ1) is 19.0. The van der Waals surface area contributed by atoms with E-state index in [4.69, 9.17) is 4.98 Å². The van der Waals surface area contributed by atoms with Gasteiger partial charge in [-0.2, -0.15) is 0 Å². The van der Waals surface area contributed by atoms with Gasteiger partial charge in [-0.15, -0.1) is 11.3 Å². The number of aliphatic hydroxyl groups excluding tert-OH is 1. The first-order valence-electron chi connectivity index (χ1n) is 9.89. The fraction of sp³-hybridized carbons (Fsp3) is 0.217. The Balaban J connectivity index is 1.54. The molecule has 30 heavy (non-hydrogen) atoms. The molecule has 1 atom stereocenters. The summed E-state index contributed by atoms with van der Waals surface area (Å²) in [6.45, 7) is 1.02. The van der Waals surface area contributed by atoms with Gasteiger partial charge in [0, 0.05) is 30.2 Å². The fourth-order valence-electron chi connectivity index (χ4n) is 3.95. The van der Waals surface area contributed by atoms with E-state index in [1.165, 1.54) is 23.5 Å². The predicted octanol–water partition coefficient (Wildman–Crippen LogP) is 4.47. The maximum absolute atomic E-state index is 13.2. The van der Waals surface area contributed by atoms with Crippen molar-refractivity contribution in [1.29, 1.82) is 0 Å². The third-order valence-electron chi connectivity index (χ3n) is 5.45. The summed E-state index contributed by atoms with van der Waals surface area (Å²) in [6.07, 6.45) is 2.99. The fourth-order valence-corrected chi connectivity index (χ4v) is 4.77. The minimum atomic E-state index is -0.465. The van der Waals surface area contributed by atoms with Gasteiger partial charge in [0.05, 0.1) is 28.6 Å². The first-order valence-corrected chi connectivity index (χ1v) is 10.8. The summed E-state index contributed by atoms with van der Waals surface area (Å²) in [5, 5.41) is 12.7. The van der Waals surface area contributed by atoms with Crippen molar-refractivity contribution >= 4 is 22.8 Å². The van der Waals surface area contributed by atoms with Gasteiger partial charge in [-0.05, 0) is 55.3 Å². The maximum atomic E-state index is 13.2. The number of likely N-dealkylation sites (tertiary alicyclic amines) is 1. The largest absolute Gasteiger partial charge is 0.391 e. The van der Waals surface area contributed by atoms with Crippen LogP contribution < -0.4 is 0 Å². The number of aromatic nitrogens is 2. The summed E-state index contributed by atoms with van der Waals surface area (Å²) in [5.41, 5.74) is 3.87. The van der Waals surface area contributed by atoms with Gasteiger partial charge in [0.15, 0.2) is 0 Å². The highest BCUT2D eigenvalue weighted by atomic mass is 32.1. The number of thiazole rings is 1. The Morgan fingerprint density at radius 2 is 2.03 bits per heavy atom. The van der Waals surface area contributed by atoms with Crippen LogP contribution >= 0.6 is 11.3 Å². The molecule has 0 saturated carbocycles. The van der Waals surface area contributed by atoms with Crippen LogP contribution in [0.4, 0.5) is 4.39 Å². The summed E-state index contributed by atoms with van der Waals surface area (Å²) in [4.78, 5) is 19.7. The SMILES string of the molecule is O=C(c1cc(-c2csc(-c3ccc(F)cc3)n2)n2ccccc12)N1CCC[C@H](O)C1. The van der Waals surface area contributed by atoms with Crippen molar-refractivity contribution in [3.8, 4) is 22.0 Å². The van der Waals surface area contributed by atoms with Crippen LogP contribution in [0.25, 0.3) is 27.5 Å². The summed E-state index contributed by atoms with van der Waals surface area (Å²) in [6, 6.07) is 13.9. The number of halogens is 1. The van der Waals surface area contributed by atoms with Crippen molar-refractivity contribution < 1.29 is 14.3 Å². The molecule has 4 heterocycles. The van der Waals surface area contributed by atoms with Gasteiger partial charge < -0.3 is 14.4 Å². The van der Waals surface area contributed by atoms with Crippen LogP contribution in [0, 0.1) is 5.82 Å². The Morgan fingerprint density at radius 1 is 1.20 bits per heavy atom. The second-order valence-electron chi connectivity index (χ2n) is 7.49. The summed E-state index contributed by atoms with van der Waals surface area (Å²) < 4.78 is 15.2. The molecule has 3 aromatic heterocycles. The Bertz CT molecular complexity index is 1210. The normalized spacial score (nSPS) is 16.9. The van der Waals surface area contributed by atoms with Crippen LogP contribution in [0.15, 0.2) is 60.1 Å². The number of fused-ring (bicyclic) bond motifs is 1. The van der Waals surface area contributed by atoms with Crippen molar-refractivity contribution in [2.75, 3.05) is 13.1 Å². The van der Waals surface area contributed by atoms with Crippen LogP contribution in [0.1, 0.15) is 23.2 Å². The van der Waals surface area contributed by atoms with Crippen LogP contribution in [-0.4, -0.2) is 44.5 Å². The van der Waals surface area contributed by atoms with E-state index in [0.717, 1.165) is 40.3 Å². The molecule has 0 unspecified atom stereocenters. The second kappa shape index (κ2) is 7.66. The molecule has 1 N–H and O–H groups in total. The number of benzene rings is 1. The molecule has 0 bridgehead atoms. The highest BCUT2D eigenvalue weighted by Crippen LogP contribution is 2.32. The number of rotatable bonds is 3. The molecule has 1 aliphatic rings. The molecule has 0 spiro atoms. The van der Waals surface area contributed by atoms with E-state index in [1.807, 2.05) is 40.2 Å². The van der Waals surface area contributed by atoms with Crippen molar-refractivity contribution in [2.24, 2.45) is 0 Å². The Morgan fingerprint density at radius 3 is 2.83 bits per heavy atom. The zero-order valence-corrected chi connectivity index (χ0v) is 17.0. The van der Waals surface area contributed by atoms with Gasteiger partial charge in [0.2, 0.25) is 0 Å². The zero-order valence-electron chi connectivity index (χ0n) is 16.2. The topological polar surface area (TPSA) is 57.8 Å². The van der Waals surface area contributed by atoms with E-state index in [0.29, 0.717) is 18.7 Å². The molecule has 1 saturated heterocycles. The summed E-state index contributed by atoms with van der Waals surface area (Å²) >= 11 is 1.48. The standard InChI is InChI=1S/C23H20FN3O2S/c24-16-8-6-15(7-9-16)22-25-19(14-30-22)21-12-18(20-5-1-2-11-27(20)21)23(29)26-10-3-4-17(28)13-26/h1-2,5-9,11-12,14,17,28H,3-4,10,13H2/t17-/m0/s1. The van der Waals surface area contributed by atoms with E-state index < -0.39 is 6.10 Å². The lowest BCUT2D eigenvalue weighted by Crippen LogP contribution is -2.42. The molecule has 1 fully saturated rings. The van der Waals surface area contributed by atoms with E-state index in [1.54, 1.807) is 17.0 Å². The maximum Gasteiger partial charge on any atom is 0.256 e. The van der Waals surface area contributed by atoms with Crippen LogP contribution in [0.5, 0.6) is 0 Å². The zero-order chi connectivity index (χ0) is 20.7. The summed E-state index contributed by atoms with van der Waals surface area (Å²) in [7, 11) is 0. The number of carbonyl (C=O) groups is 1. The van der Waals surface area contributed by atoms with Gasteiger partial charge in [-0.1, -0.05) is 6.07 Å². The average Bonchev–Trinajstić information content (AvgIpc) is 3.39. The Hall–Kier alpha value is -3.03. The number of hydrogen-bond donors (Lipinski definition) is 1. The summed E-state index contributed by atoms with van der Waals surface area (Å²) in [5.74, 6) is -0.350. The van der Waals surface area contributed by atoms with Crippen LogP contribution in [-0.2, 0) is 0 Å². The third-order valence-corrected chi connectivity index (χ3v) is 6.34. The molecule has 4 aromatic rings. The van der Waals surface area contributed by atoms with Gasteiger partial charge >= 0.3 is 0 Å². The van der Waals surface area contributed by atoms with E-state index in [-0.39, 0.29) is 11.7 Å². The average molecular weight is 421 g/mol. The minimum absolute atomic E-state index is 0.0716. The van der Waals surface area contributed by atoms with Gasteiger partial charge in [-0.3, -0.25) is 4.79 Å². The minimum Gasteiger partial charge on any atom is -0.391 e. The molecule has 0 radical (unpaired) electrons. The number of carbonyl (C=O) groups excluding carboxylic acids is 1. The number of nitrogens with zero attached hydrogens (tertiary/aromatic N) is 3. The lowest BCUT2D eigenvalue weighted by atomic mass is 10.1. The molecule has 1 amide bonds. The number of amides is 1. The monoisotopic (exact) mass is 421 g/mol. The van der Waals surface area contributed by atoms with E-state index in [2.05, 4.69) is 0 Å². The number of hydrogen-bond acceptors (Lipinski definition) is 4. The number of β-amino-alcohol motifs (C(OH)–C–C–N with tert-alkyl or cyclic N) is 1. The molecule has 1 aliphatic heterocycles. The van der Waals surface area contributed by atoms with Crippen LogP contribution in [0.2, 0.25) is 0 Å². The predicted molar refractivity (Wildman–Crippen MR) is 115 cm³/mol. The highest BCUT2D eigenvalue weighted by Gasteiger charge is 2.26. The molecule has 7 heteroatoms. The third kappa shape index (κ3) is 3.40. The molecule has 152 valence electrons. The molecular formula is C23H20FN3O2S. The first-order chi connectivity index (χ1) is 14.6. The highest BCUT2D eigenvalue weighted by molar-refractivity contribution is 7.13. The molecule has 5 nitrogen and oxygen atoms in total. The number of aliphatic hydroxyl groups is 1. The van der Waals surface area contributed by atoms with E-state index in [9.17, 15) is 14.3 Å². The molecule has 0 aliphatic carbocycles. The lowest BCUT2D eigenvalue weighted by molar-refractivity contribution is 0.0475. The van der Waals surface area contributed by atoms with Crippen molar-refractivity contribution in [2.45, 2.75) is 18.9 Å². The van der Waals surface area contributed by atoms with Gasteiger partial charge in [0.1, 0.15) is 10.8 Å². The van der Waals surface area contributed by atoms with Crippen LogP contribution in [0.3, 0.4) is 0 Å². The second-order valence-corrected chi connectivity index (χ2v) is 8.35. The number of piperidine rings is 1. The Labute approximate surface area is 177 Å².